The van der Waals surface area contributed by atoms with Crippen molar-refractivity contribution in [2.45, 2.75) is 0 Å². The summed E-state index contributed by atoms with van der Waals surface area (Å²) in [5, 5.41) is 2.56. The summed E-state index contributed by atoms with van der Waals surface area (Å²) in [6.45, 7) is 0. The topological polar surface area (TPSA) is 59.6 Å². The maximum atomic E-state index is 11.8. The third-order valence-corrected chi connectivity index (χ3v) is 2.70. The van der Waals surface area contributed by atoms with E-state index in [2.05, 4.69) is 10.8 Å². The summed E-state index contributed by atoms with van der Waals surface area (Å²) in [4.78, 5) is 17.2. The number of nitrogens with one attached hydrogen (secondary N) is 2. The van der Waals surface area contributed by atoms with Gasteiger partial charge in [-0.2, -0.15) is 0 Å². The van der Waals surface area contributed by atoms with Crippen molar-refractivity contribution >= 4 is 11.6 Å². The third-order valence-electron chi connectivity index (χ3n) is 2.70. The molecule has 104 valence electrons. The van der Waals surface area contributed by atoms with Crippen LogP contribution in [0, 0.1) is 0 Å². The predicted octanol–water partition coefficient (Wildman–Crippen LogP) is 2.46. The first-order valence-electron chi connectivity index (χ1n) is 6.12. The van der Waals surface area contributed by atoms with Crippen LogP contribution in [0.1, 0.15) is 10.4 Å². The van der Waals surface area contributed by atoms with Gasteiger partial charge in [-0.05, 0) is 30.3 Å². The van der Waals surface area contributed by atoms with E-state index in [1.165, 1.54) is 7.11 Å². The SMILES string of the molecule is CNC(=O)c1cc(ONc2ccccc2)ccc1OC. The number of amides is 1. The Labute approximate surface area is 117 Å². The number of rotatable bonds is 5. The van der Waals surface area contributed by atoms with E-state index < -0.39 is 0 Å². The Kier molecular flexibility index (Phi) is 4.44. The molecule has 0 spiro atoms. The van der Waals surface area contributed by atoms with Gasteiger partial charge in [0.05, 0.1) is 18.4 Å². The number of anilines is 1. The Balaban J connectivity index is 2.14. The minimum atomic E-state index is -0.230. The Morgan fingerprint density at radius 2 is 1.85 bits per heavy atom. The smallest absolute Gasteiger partial charge is 0.254 e. The molecule has 2 aromatic carbocycles. The lowest BCUT2D eigenvalue weighted by Crippen LogP contribution is -2.19. The first-order chi connectivity index (χ1) is 9.74. The highest BCUT2D eigenvalue weighted by Crippen LogP contribution is 2.24. The summed E-state index contributed by atoms with van der Waals surface area (Å²) < 4.78 is 5.15. The molecule has 0 unspecified atom stereocenters. The van der Waals surface area contributed by atoms with E-state index in [0.29, 0.717) is 17.1 Å². The zero-order valence-corrected chi connectivity index (χ0v) is 11.3. The Hall–Kier alpha value is -2.69. The molecule has 2 aromatic rings. The molecular weight excluding hydrogens is 256 g/mol. The van der Waals surface area contributed by atoms with E-state index in [4.69, 9.17) is 9.57 Å². The number of para-hydroxylation sites is 1. The van der Waals surface area contributed by atoms with Gasteiger partial charge in [-0.25, -0.2) is 5.48 Å². The van der Waals surface area contributed by atoms with Gasteiger partial charge >= 0.3 is 0 Å². The van der Waals surface area contributed by atoms with Crippen LogP contribution < -0.4 is 20.4 Å². The van der Waals surface area contributed by atoms with Crippen molar-refractivity contribution in [3.63, 3.8) is 0 Å². The van der Waals surface area contributed by atoms with Gasteiger partial charge in [0.1, 0.15) is 5.75 Å². The summed E-state index contributed by atoms with van der Waals surface area (Å²) in [6, 6.07) is 14.5. The van der Waals surface area contributed by atoms with Gasteiger partial charge in [-0.3, -0.25) is 4.79 Å². The second kappa shape index (κ2) is 6.47. The maximum Gasteiger partial charge on any atom is 0.254 e. The predicted molar refractivity (Wildman–Crippen MR) is 77.1 cm³/mol. The van der Waals surface area contributed by atoms with Gasteiger partial charge in [0, 0.05) is 7.05 Å². The zero-order chi connectivity index (χ0) is 14.4. The molecular formula is C15H16N2O3. The van der Waals surface area contributed by atoms with E-state index in [0.717, 1.165) is 5.69 Å². The average molecular weight is 272 g/mol. The van der Waals surface area contributed by atoms with Crippen LogP contribution in [0.4, 0.5) is 5.69 Å². The van der Waals surface area contributed by atoms with Crippen molar-refractivity contribution in [2.24, 2.45) is 0 Å². The first kappa shape index (κ1) is 13.7. The van der Waals surface area contributed by atoms with Crippen LogP contribution in [0.25, 0.3) is 0 Å². The quantitative estimate of drug-likeness (QED) is 0.821. The molecule has 0 saturated heterocycles. The maximum absolute atomic E-state index is 11.8. The lowest BCUT2D eigenvalue weighted by molar-refractivity contribution is 0.0959. The van der Waals surface area contributed by atoms with Crippen LogP contribution in [0.3, 0.4) is 0 Å². The molecule has 0 aliphatic rings. The van der Waals surface area contributed by atoms with Crippen LogP contribution in [-0.4, -0.2) is 20.1 Å². The van der Waals surface area contributed by atoms with Crippen LogP contribution in [-0.2, 0) is 0 Å². The summed E-state index contributed by atoms with van der Waals surface area (Å²) in [5.41, 5.74) is 4.05. The van der Waals surface area contributed by atoms with Crippen LogP contribution in [0.15, 0.2) is 48.5 Å². The van der Waals surface area contributed by atoms with Crippen LogP contribution in [0.5, 0.6) is 11.5 Å². The minimum Gasteiger partial charge on any atom is -0.496 e. The van der Waals surface area contributed by atoms with E-state index in [1.807, 2.05) is 30.3 Å². The molecule has 0 atom stereocenters. The van der Waals surface area contributed by atoms with Crippen molar-refractivity contribution in [3.8, 4) is 11.5 Å². The van der Waals surface area contributed by atoms with Gasteiger partial charge in [0.25, 0.3) is 5.91 Å². The molecule has 0 heterocycles. The van der Waals surface area contributed by atoms with Gasteiger partial charge in [0.2, 0.25) is 0 Å². The summed E-state index contributed by atoms with van der Waals surface area (Å²) >= 11 is 0. The summed E-state index contributed by atoms with van der Waals surface area (Å²) in [7, 11) is 3.09. The van der Waals surface area contributed by atoms with E-state index in [9.17, 15) is 4.79 Å². The fraction of sp³-hybridized carbons (Fsp3) is 0.133. The normalized spacial score (nSPS) is 9.70. The number of benzene rings is 2. The molecule has 5 nitrogen and oxygen atoms in total. The summed E-state index contributed by atoms with van der Waals surface area (Å²) in [6.07, 6.45) is 0. The summed E-state index contributed by atoms with van der Waals surface area (Å²) in [5.74, 6) is 0.789. The Morgan fingerprint density at radius 3 is 2.50 bits per heavy atom. The monoisotopic (exact) mass is 272 g/mol. The average Bonchev–Trinajstić information content (AvgIpc) is 2.52. The molecule has 1 amide bonds. The number of hydrogen-bond donors (Lipinski definition) is 2. The minimum absolute atomic E-state index is 0.230. The molecule has 0 aliphatic heterocycles. The van der Waals surface area contributed by atoms with Gasteiger partial charge in [-0.15, -0.1) is 0 Å². The molecule has 0 saturated carbocycles. The van der Waals surface area contributed by atoms with Crippen molar-refractivity contribution < 1.29 is 14.4 Å². The fourth-order valence-corrected chi connectivity index (χ4v) is 1.69. The van der Waals surface area contributed by atoms with Crippen LogP contribution >= 0.6 is 0 Å². The number of hydrogen-bond acceptors (Lipinski definition) is 4. The molecule has 0 fully saturated rings. The molecule has 0 aliphatic carbocycles. The third kappa shape index (κ3) is 3.20. The highest BCUT2D eigenvalue weighted by atomic mass is 16.6. The molecule has 2 rings (SSSR count). The zero-order valence-electron chi connectivity index (χ0n) is 11.3. The van der Waals surface area contributed by atoms with Gasteiger partial charge in [0.15, 0.2) is 5.75 Å². The lowest BCUT2D eigenvalue weighted by Gasteiger charge is -2.11. The second-order valence-electron chi connectivity index (χ2n) is 4.01. The molecule has 2 N–H and O–H groups in total. The molecule has 0 aromatic heterocycles. The number of carbonyl (C=O) groups excluding carboxylic acids is 1. The highest BCUT2D eigenvalue weighted by Gasteiger charge is 2.12. The van der Waals surface area contributed by atoms with Crippen molar-refractivity contribution in [2.75, 3.05) is 19.6 Å². The molecule has 20 heavy (non-hydrogen) atoms. The number of carbonyl (C=O) groups is 1. The van der Waals surface area contributed by atoms with Crippen molar-refractivity contribution in [3.05, 3.63) is 54.1 Å². The van der Waals surface area contributed by atoms with Gasteiger partial charge in [-0.1, -0.05) is 18.2 Å². The van der Waals surface area contributed by atoms with Crippen molar-refractivity contribution in [1.29, 1.82) is 0 Å². The Morgan fingerprint density at radius 1 is 1.10 bits per heavy atom. The fourth-order valence-electron chi connectivity index (χ4n) is 1.69. The highest BCUT2D eigenvalue weighted by molar-refractivity contribution is 5.97. The molecule has 0 radical (unpaired) electrons. The van der Waals surface area contributed by atoms with Gasteiger partial charge < -0.3 is 14.9 Å². The largest absolute Gasteiger partial charge is 0.496 e. The lowest BCUT2D eigenvalue weighted by atomic mass is 10.2. The van der Waals surface area contributed by atoms with Crippen molar-refractivity contribution in [1.82, 2.24) is 5.32 Å². The Bertz CT molecular complexity index is 585. The number of methoxy groups -OCH3 is 1. The van der Waals surface area contributed by atoms with E-state index in [1.54, 1.807) is 25.2 Å². The molecule has 5 heteroatoms. The van der Waals surface area contributed by atoms with E-state index >= 15 is 0 Å². The second-order valence-corrected chi connectivity index (χ2v) is 4.01. The van der Waals surface area contributed by atoms with Crippen LogP contribution in [0.2, 0.25) is 0 Å². The standard InChI is InChI=1S/C15H16N2O3/c1-16-15(18)13-10-12(8-9-14(13)19-2)20-17-11-6-4-3-5-7-11/h3-10,17H,1-2H3,(H,16,18). The molecule has 0 bridgehead atoms. The first-order valence-corrected chi connectivity index (χ1v) is 6.12. The number of ether oxygens (including phenoxy) is 1. The van der Waals surface area contributed by atoms with E-state index in [-0.39, 0.29) is 5.91 Å².